The van der Waals surface area contributed by atoms with E-state index in [2.05, 4.69) is 34.6 Å². The summed E-state index contributed by atoms with van der Waals surface area (Å²) in [6, 6.07) is 18.5. The molecule has 1 atom stereocenters. The number of aromatic nitrogens is 2. The molecule has 2 amide bonds. The van der Waals surface area contributed by atoms with Gasteiger partial charge >= 0.3 is 6.03 Å². The molecule has 26 heavy (non-hydrogen) atoms. The molecule has 5 nitrogen and oxygen atoms in total. The monoisotopic (exact) mass is 348 g/mol. The number of imidazole rings is 1. The minimum atomic E-state index is 0.00705. The third-order valence-electron chi connectivity index (χ3n) is 5.22. The fraction of sp³-hybridized carbons (Fsp3) is 0.333. The second-order valence-corrected chi connectivity index (χ2v) is 7.02. The van der Waals surface area contributed by atoms with Crippen molar-refractivity contribution in [1.29, 1.82) is 0 Å². The molecule has 134 valence electrons. The van der Waals surface area contributed by atoms with Crippen molar-refractivity contribution in [3.05, 3.63) is 66.0 Å². The zero-order valence-corrected chi connectivity index (χ0v) is 15.1. The van der Waals surface area contributed by atoms with Gasteiger partial charge < -0.3 is 14.8 Å². The van der Waals surface area contributed by atoms with E-state index in [9.17, 15) is 4.79 Å². The van der Waals surface area contributed by atoms with Crippen molar-refractivity contribution in [3.8, 4) is 0 Å². The van der Waals surface area contributed by atoms with Crippen molar-refractivity contribution in [3.63, 3.8) is 0 Å². The van der Waals surface area contributed by atoms with Crippen LogP contribution in [0.5, 0.6) is 0 Å². The highest BCUT2D eigenvalue weighted by molar-refractivity contribution is 5.76. The second-order valence-electron chi connectivity index (χ2n) is 7.02. The van der Waals surface area contributed by atoms with Crippen LogP contribution in [0.25, 0.3) is 11.0 Å². The first kappa shape index (κ1) is 16.6. The SMILES string of the molecule is Cn1c(CNC(=O)N2CCC(Cc3ccccc3)C2)nc2ccccc21. The first-order chi connectivity index (χ1) is 12.7. The van der Waals surface area contributed by atoms with Gasteiger partial charge in [0.1, 0.15) is 5.82 Å². The highest BCUT2D eigenvalue weighted by atomic mass is 16.2. The molecule has 1 N–H and O–H groups in total. The van der Waals surface area contributed by atoms with Crippen LogP contribution in [0.15, 0.2) is 54.6 Å². The average molecular weight is 348 g/mol. The highest BCUT2D eigenvalue weighted by Gasteiger charge is 2.26. The summed E-state index contributed by atoms with van der Waals surface area (Å²) in [6.07, 6.45) is 2.10. The fourth-order valence-electron chi connectivity index (χ4n) is 3.75. The van der Waals surface area contributed by atoms with E-state index in [-0.39, 0.29) is 6.03 Å². The Bertz CT molecular complexity index is 903. The van der Waals surface area contributed by atoms with Crippen LogP contribution in [-0.2, 0) is 20.0 Å². The maximum Gasteiger partial charge on any atom is 0.317 e. The van der Waals surface area contributed by atoms with Crippen LogP contribution in [0.3, 0.4) is 0 Å². The lowest BCUT2D eigenvalue weighted by molar-refractivity contribution is 0.206. The van der Waals surface area contributed by atoms with E-state index in [0.717, 1.165) is 42.8 Å². The largest absolute Gasteiger partial charge is 0.331 e. The van der Waals surface area contributed by atoms with Crippen molar-refractivity contribution in [2.24, 2.45) is 13.0 Å². The van der Waals surface area contributed by atoms with E-state index < -0.39 is 0 Å². The molecule has 0 spiro atoms. The standard InChI is InChI=1S/C21H24N4O/c1-24-19-10-6-5-9-18(19)23-20(24)14-22-21(26)25-12-11-17(15-25)13-16-7-3-2-4-8-16/h2-10,17H,11-15H2,1H3,(H,22,26). The number of hydrogen-bond acceptors (Lipinski definition) is 2. The van der Waals surface area contributed by atoms with Crippen LogP contribution in [-0.4, -0.2) is 33.6 Å². The Balaban J connectivity index is 1.33. The third-order valence-corrected chi connectivity index (χ3v) is 5.22. The Morgan fingerprint density at radius 2 is 1.92 bits per heavy atom. The van der Waals surface area contributed by atoms with E-state index in [4.69, 9.17) is 0 Å². The van der Waals surface area contributed by atoms with Gasteiger partial charge in [0.2, 0.25) is 0 Å². The Hall–Kier alpha value is -2.82. The van der Waals surface area contributed by atoms with Crippen LogP contribution in [0.1, 0.15) is 17.8 Å². The predicted molar refractivity (Wildman–Crippen MR) is 103 cm³/mol. The minimum Gasteiger partial charge on any atom is -0.331 e. The van der Waals surface area contributed by atoms with Gasteiger partial charge in [-0.25, -0.2) is 9.78 Å². The molecule has 0 saturated carbocycles. The van der Waals surface area contributed by atoms with Crippen molar-refractivity contribution >= 4 is 17.1 Å². The van der Waals surface area contributed by atoms with E-state index in [1.54, 1.807) is 0 Å². The molecule has 1 aromatic heterocycles. The number of carbonyl (C=O) groups excluding carboxylic acids is 1. The van der Waals surface area contributed by atoms with Gasteiger partial charge in [-0.1, -0.05) is 42.5 Å². The maximum absolute atomic E-state index is 12.5. The van der Waals surface area contributed by atoms with Gasteiger partial charge in [0.25, 0.3) is 0 Å². The Kier molecular flexibility index (Phi) is 4.61. The van der Waals surface area contributed by atoms with E-state index in [0.29, 0.717) is 12.5 Å². The molecule has 0 aliphatic carbocycles. The topological polar surface area (TPSA) is 50.2 Å². The first-order valence-corrected chi connectivity index (χ1v) is 9.18. The first-order valence-electron chi connectivity index (χ1n) is 9.18. The van der Waals surface area contributed by atoms with Crippen molar-refractivity contribution < 1.29 is 4.79 Å². The van der Waals surface area contributed by atoms with Gasteiger partial charge in [-0.05, 0) is 36.5 Å². The molecule has 1 fully saturated rings. The number of urea groups is 1. The molecule has 2 heterocycles. The lowest BCUT2D eigenvalue weighted by Gasteiger charge is -2.17. The van der Waals surface area contributed by atoms with Gasteiger partial charge in [0.05, 0.1) is 17.6 Å². The van der Waals surface area contributed by atoms with Crippen molar-refractivity contribution in [2.45, 2.75) is 19.4 Å². The molecule has 0 bridgehead atoms. The molecule has 1 saturated heterocycles. The van der Waals surface area contributed by atoms with Crippen molar-refractivity contribution in [1.82, 2.24) is 19.8 Å². The number of amides is 2. The summed E-state index contributed by atoms with van der Waals surface area (Å²) in [7, 11) is 1.99. The van der Waals surface area contributed by atoms with Crippen LogP contribution >= 0.6 is 0 Å². The van der Waals surface area contributed by atoms with E-state index in [1.165, 1.54) is 5.56 Å². The van der Waals surface area contributed by atoms with Crippen molar-refractivity contribution in [2.75, 3.05) is 13.1 Å². The Morgan fingerprint density at radius 1 is 1.15 bits per heavy atom. The molecule has 4 rings (SSSR count). The van der Waals surface area contributed by atoms with E-state index in [1.807, 2.05) is 46.8 Å². The summed E-state index contributed by atoms with van der Waals surface area (Å²) in [5, 5.41) is 3.03. The van der Waals surface area contributed by atoms with Gasteiger partial charge in [-0.15, -0.1) is 0 Å². The molecule has 1 unspecified atom stereocenters. The summed E-state index contributed by atoms with van der Waals surface area (Å²) in [5.74, 6) is 1.42. The fourth-order valence-corrected chi connectivity index (χ4v) is 3.75. The molecule has 3 aromatic rings. The maximum atomic E-state index is 12.5. The smallest absolute Gasteiger partial charge is 0.317 e. The van der Waals surface area contributed by atoms with Gasteiger partial charge in [0, 0.05) is 20.1 Å². The normalized spacial score (nSPS) is 17.0. The van der Waals surface area contributed by atoms with Gasteiger partial charge in [-0.2, -0.15) is 0 Å². The zero-order chi connectivity index (χ0) is 17.9. The number of benzene rings is 2. The number of para-hydroxylation sites is 2. The molecule has 2 aromatic carbocycles. The number of rotatable bonds is 4. The molecule has 1 aliphatic heterocycles. The summed E-state index contributed by atoms with van der Waals surface area (Å²) >= 11 is 0. The number of likely N-dealkylation sites (tertiary alicyclic amines) is 1. The van der Waals surface area contributed by atoms with Gasteiger partial charge in [0.15, 0.2) is 0 Å². The van der Waals surface area contributed by atoms with E-state index >= 15 is 0 Å². The minimum absolute atomic E-state index is 0.00705. The zero-order valence-electron chi connectivity index (χ0n) is 15.1. The average Bonchev–Trinajstić information content (AvgIpc) is 3.26. The predicted octanol–water partition coefficient (Wildman–Crippen LogP) is 3.35. The Labute approximate surface area is 153 Å². The second kappa shape index (κ2) is 7.20. The lowest BCUT2D eigenvalue weighted by Crippen LogP contribution is -2.38. The van der Waals surface area contributed by atoms with Crippen LogP contribution in [0.4, 0.5) is 4.79 Å². The number of fused-ring (bicyclic) bond motifs is 1. The number of carbonyl (C=O) groups is 1. The van der Waals surface area contributed by atoms with Gasteiger partial charge in [-0.3, -0.25) is 0 Å². The summed E-state index contributed by atoms with van der Waals surface area (Å²) in [6.45, 7) is 2.10. The molecular formula is C21H24N4O. The summed E-state index contributed by atoms with van der Waals surface area (Å²) < 4.78 is 2.04. The Morgan fingerprint density at radius 3 is 2.73 bits per heavy atom. The number of aryl methyl sites for hydroxylation is 1. The van der Waals surface area contributed by atoms with Crippen LogP contribution in [0.2, 0.25) is 0 Å². The summed E-state index contributed by atoms with van der Waals surface area (Å²) in [5.41, 5.74) is 3.39. The van der Waals surface area contributed by atoms with Crippen LogP contribution in [0, 0.1) is 5.92 Å². The highest BCUT2D eigenvalue weighted by Crippen LogP contribution is 2.21. The molecule has 5 heteroatoms. The summed E-state index contributed by atoms with van der Waals surface area (Å²) in [4.78, 5) is 19.1. The molecule has 1 aliphatic rings. The number of nitrogens with zero attached hydrogens (tertiary/aromatic N) is 3. The van der Waals surface area contributed by atoms with Crippen LogP contribution < -0.4 is 5.32 Å². The number of hydrogen-bond donors (Lipinski definition) is 1. The molecular weight excluding hydrogens is 324 g/mol. The quantitative estimate of drug-likeness (QED) is 0.786. The molecule has 0 radical (unpaired) electrons. The lowest BCUT2D eigenvalue weighted by atomic mass is 9.99. The number of nitrogens with one attached hydrogen (secondary N) is 1. The third kappa shape index (κ3) is 3.43.